The first kappa shape index (κ1) is 25.5. The Morgan fingerprint density at radius 2 is 1.82 bits per heavy atom. The van der Waals surface area contributed by atoms with E-state index < -0.39 is 0 Å². The van der Waals surface area contributed by atoms with Crippen molar-refractivity contribution >= 4 is 45.6 Å². The number of ketones is 1. The zero-order valence-corrected chi connectivity index (χ0v) is 22.1. The summed E-state index contributed by atoms with van der Waals surface area (Å²) in [6.45, 7) is 2.07. The van der Waals surface area contributed by atoms with Crippen LogP contribution in [0.25, 0.3) is 10.8 Å². The van der Waals surface area contributed by atoms with E-state index in [0.717, 1.165) is 33.2 Å². The van der Waals surface area contributed by atoms with E-state index in [0.29, 0.717) is 39.0 Å². The molecule has 0 saturated carbocycles. The number of fused-ring (bicyclic) bond motifs is 1. The lowest BCUT2D eigenvalue weighted by molar-refractivity contribution is 0.0993. The summed E-state index contributed by atoms with van der Waals surface area (Å²) in [6.07, 6.45) is 4.45. The van der Waals surface area contributed by atoms with Gasteiger partial charge in [0.2, 0.25) is 0 Å². The lowest BCUT2D eigenvalue weighted by Crippen LogP contribution is -2.06. The van der Waals surface area contributed by atoms with E-state index in [1.54, 1.807) is 36.7 Å². The molecule has 186 valence electrons. The van der Waals surface area contributed by atoms with Crippen molar-refractivity contribution in [3.63, 3.8) is 0 Å². The highest BCUT2D eigenvalue weighted by molar-refractivity contribution is 6.34. The number of aromatic nitrogens is 2. The largest absolute Gasteiger partial charge is 0.383 e. The van der Waals surface area contributed by atoms with Gasteiger partial charge in [0.15, 0.2) is 5.78 Å². The molecular weight excluding hydrogens is 513 g/mol. The van der Waals surface area contributed by atoms with Crippen molar-refractivity contribution in [2.75, 3.05) is 5.73 Å². The predicted octanol–water partition coefficient (Wildman–Crippen LogP) is 7.24. The number of anilines is 1. The smallest absolute Gasteiger partial charge is 0.168 e. The molecule has 6 heteroatoms. The Hall–Kier alpha value is -4.17. The minimum Gasteiger partial charge on any atom is -0.383 e. The summed E-state index contributed by atoms with van der Waals surface area (Å²) < 4.78 is 0. The van der Waals surface area contributed by atoms with Crippen LogP contribution in [0.4, 0.5) is 5.82 Å². The van der Waals surface area contributed by atoms with Gasteiger partial charge in [-0.2, -0.15) is 0 Å². The second kappa shape index (κ2) is 11.1. The molecule has 0 saturated heterocycles. The number of carbonyl (C=O) groups is 1. The molecule has 0 unspecified atom stereocenters. The van der Waals surface area contributed by atoms with Crippen LogP contribution in [0.15, 0.2) is 85.2 Å². The van der Waals surface area contributed by atoms with Crippen LogP contribution < -0.4 is 5.73 Å². The van der Waals surface area contributed by atoms with Crippen molar-refractivity contribution < 1.29 is 4.79 Å². The van der Waals surface area contributed by atoms with Crippen molar-refractivity contribution in [2.24, 2.45) is 0 Å². The average Bonchev–Trinajstić information content (AvgIpc) is 2.90. The summed E-state index contributed by atoms with van der Waals surface area (Å²) in [5.74, 6) is 6.46. The summed E-state index contributed by atoms with van der Waals surface area (Å²) in [6, 6.07) is 22.7. The van der Waals surface area contributed by atoms with E-state index in [1.165, 1.54) is 0 Å². The number of aryl methyl sites for hydroxylation is 1. The molecule has 0 atom stereocenters. The second-order valence-electron chi connectivity index (χ2n) is 9.05. The first-order valence-electron chi connectivity index (χ1n) is 12.0. The zero-order valence-electron chi connectivity index (χ0n) is 20.6. The van der Waals surface area contributed by atoms with E-state index in [-0.39, 0.29) is 12.2 Å². The summed E-state index contributed by atoms with van der Waals surface area (Å²) in [7, 11) is 0. The number of nitrogens with two attached hydrogens (primary N) is 1. The molecule has 2 N–H and O–H groups in total. The molecule has 5 rings (SSSR count). The van der Waals surface area contributed by atoms with Gasteiger partial charge in [0.1, 0.15) is 5.82 Å². The van der Waals surface area contributed by atoms with Gasteiger partial charge in [-0.15, -0.1) is 0 Å². The van der Waals surface area contributed by atoms with E-state index >= 15 is 0 Å². The quantitative estimate of drug-likeness (QED) is 0.190. The maximum atomic E-state index is 13.1. The molecule has 0 aliphatic heterocycles. The molecule has 3 aromatic carbocycles. The highest BCUT2D eigenvalue weighted by Crippen LogP contribution is 2.26. The number of nitrogens with zero attached hydrogens (tertiary/aromatic N) is 2. The Morgan fingerprint density at radius 3 is 2.61 bits per heavy atom. The van der Waals surface area contributed by atoms with Crippen LogP contribution in [0.5, 0.6) is 0 Å². The molecule has 4 nitrogen and oxygen atoms in total. The summed E-state index contributed by atoms with van der Waals surface area (Å²) >= 11 is 12.7. The van der Waals surface area contributed by atoms with Crippen LogP contribution in [0, 0.1) is 18.8 Å². The summed E-state index contributed by atoms with van der Waals surface area (Å²) in [4.78, 5) is 21.8. The normalized spacial score (nSPS) is 10.7. The van der Waals surface area contributed by atoms with E-state index in [2.05, 4.69) is 34.8 Å². The third kappa shape index (κ3) is 5.70. The van der Waals surface area contributed by atoms with E-state index in [9.17, 15) is 4.79 Å². The molecule has 5 aromatic rings. The van der Waals surface area contributed by atoms with Crippen molar-refractivity contribution in [3.8, 4) is 11.8 Å². The van der Waals surface area contributed by atoms with Gasteiger partial charge in [-0.3, -0.25) is 9.78 Å². The molecule has 38 heavy (non-hydrogen) atoms. The number of benzene rings is 3. The molecule has 0 fully saturated rings. The van der Waals surface area contributed by atoms with Gasteiger partial charge in [0, 0.05) is 57.9 Å². The standard InChI is InChI=1S/C32H23Cl2N3O/c1-20-5-6-22(14-24(20)17-26-4-2-3-13-36-26)16-31(38)28-12-8-21(15-30(28)34)7-11-27-29-18-25(33)10-9-23(29)19-37-32(27)35/h2-6,8-10,12-15,18-19H,16-17H2,1H3,(H2,35,37). The average molecular weight is 536 g/mol. The lowest BCUT2D eigenvalue weighted by Gasteiger charge is -2.10. The summed E-state index contributed by atoms with van der Waals surface area (Å²) in [5, 5.41) is 2.67. The minimum atomic E-state index is -0.0562. The van der Waals surface area contributed by atoms with Crippen LogP contribution in [0.2, 0.25) is 10.0 Å². The van der Waals surface area contributed by atoms with Crippen molar-refractivity contribution in [1.82, 2.24) is 9.97 Å². The number of hydrogen-bond acceptors (Lipinski definition) is 4. The Bertz CT molecular complexity index is 1730. The molecule has 0 amide bonds. The third-order valence-corrected chi connectivity index (χ3v) is 6.91. The topological polar surface area (TPSA) is 68.9 Å². The Balaban J connectivity index is 1.36. The highest BCUT2D eigenvalue weighted by atomic mass is 35.5. The van der Waals surface area contributed by atoms with Gasteiger partial charge in [-0.25, -0.2) is 4.98 Å². The number of carbonyl (C=O) groups excluding carboxylic acids is 1. The van der Waals surface area contributed by atoms with Crippen LogP contribution in [-0.4, -0.2) is 15.8 Å². The maximum absolute atomic E-state index is 13.1. The number of rotatable bonds is 5. The molecule has 0 spiro atoms. The summed E-state index contributed by atoms with van der Waals surface area (Å²) in [5.41, 5.74) is 12.1. The Morgan fingerprint density at radius 1 is 0.947 bits per heavy atom. The van der Waals surface area contributed by atoms with Gasteiger partial charge in [0.05, 0.1) is 10.6 Å². The number of hydrogen-bond donors (Lipinski definition) is 1. The molecule has 2 heterocycles. The van der Waals surface area contributed by atoms with Gasteiger partial charge < -0.3 is 5.73 Å². The van der Waals surface area contributed by atoms with Crippen molar-refractivity contribution in [2.45, 2.75) is 19.8 Å². The molecule has 0 bridgehead atoms. The second-order valence-corrected chi connectivity index (χ2v) is 9.90. The number of nitrogen functional groups attached to an aromatic ring is 1. The van der Waals surface area contributed by atoms with Crippen molar-refractivity contribution in [1.29, 1.82) is 0 Å². The van der Waals surface area contributed by atoms with Crippen LogP contribution in [0.1, 0.15) is 43.9 Å². The SMILES string of the molecule is Cc1ccc(CC(=O)c2ccc(C#Cc3c(N)ncc4ccc(Cl)cc34)cc2Cl)cc1Cc1ccccn1. The Labute approximate surface area is 231 Å². The van der Waals surface area contributed by atoms with E-state index in [1.807, 2.05) is 42.5 Å². The first-order chi connectivity index (χ1) is 18.4. The van der Waals surface area contributed by atoms with Gasteiger partial charge in [-0.1, -0.05) is 65.4 Å². The molecular formula is C32H23Cl2N3O. The number of pyridine rings is 2. The molecule has 0 aliphatic rings. The number of halogens is 2. The van der Waals surface area contributed by atoms with Crippen LogP contribution in [-0.2, 0) is 12.8 Å². The first-order valence-corrected chi connectivity index (χ1v) is 12.8. The fourth-order valence-electron chi connectivity index (χ4n) is 4.29. The monoisotopic (exact) mass is 535 g/mol. The maximum Gasteiger partial charge on any atom is 0.168 e. The van der Waals surface area contributed by atoms with Gasteiger partial charge in [-0.05, 0) is 66.1 Å². The highest BCUT2D eigenvalue weighted by Gasteiger charge is 2.13. The molecule has 0 aliphatic carbocycles. The third-order valence-electron chi connectivity index (χ3n) is 6.36. The van der Waals surface area contributed by atoms with E-state index in [4.69, 9.17) is 28.9 Å². The fourth-order valence-corrected chi connectivity index (χ4v) is 4.75. The lowest BCUT2D eigenvalue weighted by atomic mass is 9.96. The van der Waals surface area contributed by atoms with Gasteiger partial charge >= 0.3 is 0 Å². The number of Topliss-reactive ketones (excluding diaryl/α,β-unsaturated/α-hetero) is 1. The zero-order chi connectivity index (χ0) is 26.6. The van der Waals surface area contributed by atoms with Crippen LogP contribution in [0.3, 0.4) is 0 Å². The minimum absolute atomic E-state index is 0.0562. The van der Waals surface area contributed by atoms with Crippen molar-refractivity contribution in [3.05, 3.63) is 134 Å². The van der Waals surface area contributed by atoms with Crippen LogP contribution >= 0.6 is 23.2 Å². The fraction of sp³-hybridized carbons (Fsp3) is 0.0938. The molecule has 0 radical (unpaired) electrons. The van der Waals surface area contributed by atoms with Gasteiger partial charge in [0.25, 0.3) is 0 Å². The molecule has 2 aromatic heterocycles. The Kier molecular flexibility index (Phi) is 7.42. The predicted molar refractivity (Wildman–Crippen MR) is 155 cm³/mol.